The summed E-state index contributed by atoms with van der Waals surface area (Å²) < 4.78 is 23.4. The largest absolute Gasteiger partial charge is 0.295 e. The molecular weight excluding hydrogens is 350 g/mol. The molecule has 1 aromatic heterocycles. The van der Waals surface area contributed by atoms with Crippen LogP contribution in [-0.2, 0) is 14.6 Å². The molecule has 1 aliphatic rings. The van der Waals surface area contributed by atoms with Crippen molar-refractivity contribution in [2.24, 2.45) is 4.99 Å². The number of sulfone groups is 1. The lowest BCUT2D eigenvalue weighted by Gasteiger charge is -2.22. The summed E-state index contributed by atoms with van der Waals surface area (Å²) in [6.07, 6.45) is 2.71. The number of aromatic nitrogens is 1. The van der Waals surface area contributed by atoms with Crippen LogP contribution in [0.2, 0.25) is 5.02 Å². The van der Waals surface area contributed by atoms with Crippen LogP contribution in [0.5, 0.6) is 0 Å². The van der Waals surface area contributed by atoms with E-state index in [1.54, 1.807) is 36.5 Å². The van der Waals surface area contributed by atoms with Gasteiger partial charge in [-0.05, 0) is 30.3 Å². The Morgan fingerprint density at radius 1 is 1.25 bits per heavy atom. The van der Waals surface area contributed by atoms with Gasteiger partial charge in [0.2, 0.25) is 5.91 Å². The summed E-state index contributed by atoms with van der Waals surface area (Å²) in [5.41, 5.74) is 2.14. The number of hydrogen-bond donors (Lipinski definition) is 0. The molecule has 2 aromatic rings. The van der Waals surface area contributed by atoms with Crippen LogP contribution in [0, 0.1) is 0 Å². The van der Waals surface area contributed by atoms with Crippen LogP contribution in [0.1, 0.15) is 11.3 Å². The summed E-state index contributed by atoms with van der Waals surface area (Å²) in [6.45, 7) is -0.159. The zero-order valence-corrected chi connectivity index (χ0v) is 14.4. The number of carbonyl (C=O) groups is 1. The average Bonchev–Trinajstić information content (AvgIpc) is 2.65. The first kappa shape index (κ1) is 16.6. The second kappa shape index (κ2) is 6.33. The van der Waals surface area contributed by atoms with Crippen LogP contribution < -0.4 is 4.90 Å². The highest BCUT2D eigenvalue weighted by molar-refractivity contribution is 7.90. The molecule has 0 spiro atoms. The molecule has 24 heavy (non-hydrogen) atoms. The molecule has 8 heteroatoms. The molecule has 0 saturated carbocycles. The topological polar surface area (TPSA) is 79.7 Å². The number of amides is 1. The summed E-state index contributed by atoms with van der Waals surface area (Å²) in [6, 6.07) is 10.3. The van der Waals surface area contributed by atoms with Crippen molar-refractivity contribution in [3.8, 4) is 0 Å². The summed E-state index contributed by atoms with van der Waals surface area (Å²) in [4.78, 5) is 22.3. The van der Waals surface area contributed by atoms with E-state index in [-0.39, 0.29) is 6.54 Å². The Hall–Kier alpha value is -2.25. The minimum Gasteiger partial charge on any atom is -0.295 e. The number of aliphatic imine (C=N–C) groups is 1. The normalized spacial score (nSPS) is 14.8. The van der Waals surface area contributed by atoms with Crippen molar-refractivity contribution >= 4 is 38.7 Å². The van der Waals surface area contributed by atoms with Crippen LogP contribution in [0.15, 0.2) is 47.6 Å². The Morgan fingerprint density at radius 2 is 2.04 bits per heavy atom. The second-order valence-electron chi connectivity index (χ2n) is 5.42. The third kappa shape index (κ3) is 3.47. The predicted molar refractivity (Wildman–Crippen MR) is 93.4 cm³/mol. The van der Waals surface area contributed by atoms with Crippen LogP contribution in [0.25, 0.3) is 0 Å². The SMILES string of the molecule is CS(=O)(=O)CN1C(=O)CN=C(c2ccccn2)c2cc(Cl)ccc21. The van der Waals surface area contributed by atoms with E-state index in [0.717, 1.165) is 6.26 Å². The molecule has 0 unspecified atom stereocenters. The van der Waals surface area contributed by atoms with Gasteiger partial charge in [-0.25, -0.2) is 8.42 Å². The number of fused-ring (bicyclic) bond motifs is 1. The molecule has 0 fully saturated rings. The standard InChI is InChI=1S/C16H14ClN3O3S/c1-24(22,23)10-20-14-6-5-11(17)8-12(14)16(19-9-15(20)21)13-4-2-3-7-18-13/h2-8H,9-10H2,1H3. The van der Waals surface area contributed by atoms with Crippen LogP contribution >= 0.6 is 11.6 Å². The van der Waals surface area contributed by atoms with Gasteiger partial charge in [0, 0.05) is 23.0 Å². The molecule has 1 aliphatic heterocycles. The smallest absolute Gasteiger partial charge is 0.249 e. The van der Waals surface area contributed by atoms with Gasteiger partial charge < -0.3 is 0 Å². The number of rotatable bonds is 3. The van der Waals surface area contributed by atoms with Crippen LogP contribution in [0.4, 0.5) is 5.69 Å². The van der Waals surface area contributed by atoms with Crippen molar-refractivity contribution < 1.29 is 13.2 Å². The molecule has 0 N–H and O–H groups in total. The predicted octanol–water partition coefficient (Wildman–Crippen LogP) is 1.92. The highest BCUT2D eigenvalue weighted by Gasteiger charge is 2.28. The van der Waals surface area contributed by atoms with Gasteiger partial charge in [-0.1, -0.05) is 17.7 Å². The quantitative estimate of drug-likeness (QED) is 0.834. The zero-order chi connectivity index (χ0) is 17.3. The first-order valence-corrected chi connectivity index (χ1v) is 9.53. The summed E-state index contributed by atoms with van der Waals surface area (Å²) in [5.74, 6) is -0.805. The zero-order valence-electron chi connectivity index (χ0n) is 12.8. The Bertz CT molecular complexity index is 927. The van der Waals surface area contributed by atoms with Gasteiger partial charge in [-0.3, -0.25) is 19.7 Å². The minimum atomic E-state index is -3.40. The lowest BCUT2D eigenvalue weighted by Crippen LogP contribution is -2.36. The number of benzene rings is 1. The number of benzodiazepines with no additional fused rings is 1. The van der Waals surface area contributed by atoms with Gasteiger partial charge in [-0.15, -0.1) is 0 Å². The molecule has 0 aliphatic carbocycles. The Labute approximate surface area is 144 Å². The highest BCUT2D eigenvalue weighted by atomic mass is 35.5. The maximum absolute atomic E-state index is 12.4. The monoisotopic (exact) mass is 363 g/mol. The van der Waals surface area contributed by atoms with E-state index in [0.29, 0.717) is 27.7 Å². The van der Waals surface area contributed by atoms with Gasteiger partial charge in [0.25, 0.3) is 0 Å². The third-order valence-corrected chi connectivity index (χ3v) is 4.41. The Balaban J connectivity index is 2.19. The van der Waals surface area contributed by atoms with E-state index >= 15 is 0 Å². The Morgan fingerprint density at radius 3 is 2.71 bits per heavy atom. The van der Waals surface area contributed by atoms with Crippen molar-refractivity contribution in [2.75, 3.05) is 23.6 Å². The lowest BCUT2D eigenvalue weighted by molar-refractivity contribution is -0.117. The molecule has 124 valence electrons. The fourth-order valence-corrected chi connectivity index (χ4v) is 3.41. The molecule has 3 rings (SSSR count). The second-order valence-corrected chi connectivity index (χ2v) is 7.96. The van der Waals surface area contributed by atoms with E-state index in [4.69, 9.17) is 11.6 Å². The van der Waals surface area contributed by atoms with Gasteiger partial charge in [0.1, 0.15) is 12.4 Å². The van der Waals surface area contributed by atoms with Crippen molar-refractivity contribution in [3.63, 3.8) is 0 Å². The van der Waals surface area contributed by atoms with Crippen molar-refractivity contribution in [2.45, 2.75) is 0 Å². The molecule has 0 atom stereocenters. The fraction of sp³-hybridized carbons (Fsp3) is 0.188. The number of pyridine rings is 1. The molecule has 0 bridgehead atoms. The molecule has 1 aromatic carbocycles. The van der Waals surface area contributed by atoms with Crippen molar-refractivity contribution in [1.82, 2.24) is 4.98 Å². The summed E-state index contributed by atoms with van der Waals surface area (Å²) >= 11 is 6.10. The minimum absolute atomic E-state index is 0.159. The summed E-state index contributed by atoms with van der Waals surface area (Å²) in [7, 11) is -3.40. The number of hydrogen-bond acceptors (Lipinski definition) is 5. The maximum atomic E-state index is 12.4. The maximum Gasteiger partial charge on any atom is 0.249 e. The molecule has 2 heterocycles. The number of anilines is 1. The van der Waals surface area contributed by atoms with Crippen molar-refractivity contribution in [3.05, 3.63) is 58.9 Å². The highest BCUT2D eigenvalue weighted by Crippen LogP contribution is 2.29. The number of nitrogens with zero attached hydrogens (tertiary/aromatic N) is 3. The van der Waals surface area contributed by atoms with E-state index in [9.17, 15) is 13.2 Å². The van der Waals surface area contributed by atoms with Crippen molar-refractivity contribution in [1.29, 1.82) is 0 Å². The first-order chi connectivity index (χ1) is 11.3. The van der Waals surface area contributed by atoms with E-state index < -0.39 is 21.6 Å². The van der Waals surface area contributed by atoms with Crippen LogP contribution in [0.3, 0.4) is 0 Å². The first-order valence-electron chi connectivity index (χ1n) is 7.09. The molecule has 0 saturated heterocycles. The fourth-order valence-electron chi connectivity index (χ4n) is 2.48. The van der Waals surface area contributed by atoms with Gasteiger partial charge in [0.05, 0.1) is 17.1 Å². The van der Waals surface area contributed by atoms with Gasteiger partial charge in [-0.2, -0.15) is 0 Å². The van der Waals surface area contributed by atoms with Gasteiger partial charge in [0.15, 0.2) is 9.84 Å². The van der Waals surface area contributed by atoms with E-state index in [2.05, 4.69) is 9.98 Å². The molecule has 0 radical (unpaired) electrons. The van der Waals surface area contributed by atoms with Gasteiger partial charge >= 0.3 is 0 Å². The lowest BCUT2D eigenvalue weighted by atomic mass is 10.0. The average molecular weight is 364 g/mol. The number of halogens is 1. The molecule has 1 amide bonds. The van der Waals surface area contributed by atoms with E-state index in [1.165, 1.54) is 4.90 Å². The molecule has 6 nitrogen and oxygen atoms in total. The third-order valence-electron chi connectivity index (χ3n) is 3.45. The number of carbonyl (C=O) groups excluding carboxylic acids is 1. The van der Waals surface area contributed by atoms with Crippen LogP contribution in [-0.4, -0.2) is 43.7 Å². The Kier molecular flexibility index (Phi) is 4.38. The van der Waals surface area contributed by atoms with E-state index in [1.807, 2.05) is 6.07 Å². The molecular formula is C16H14ClN3O3S. The summed E-state index contributed by atoms with van der Waals surface area (Å²) in [5, 5.41) is 0.464.